The summed E-state index contributed by atoms with van der Waals surface area (Å²) in [4.78, 5) is 15.9. The Bertz CT molecular complexity index is 1400. The first-order valence-corrected chi connectivity index (χ1v) is 11.8. The number of anilines is 1. The lowest BCUT2D eigenvalue weighted by Crippen LogP contribution is -2.07. The summed E-state index contributed by atoms with van der Waals surface area (Å²) in [6.45, 7) is 5.29. The van der Waals surface area contributed by atoms with Crippen LogP contribution >= 0.6 is 11.6 Å². The third-order valence-corrected chi connectivity index (χ3v) is 6.69. The van der Waals surface area contributed by atoms with E-state index in [1.165, 1.54) is 11.1 Å². The molecule has 0 amide bonds. The van der Waals surface area contributed by atoms with Gasteiger partial charge in [0.1, 0.15) is 11.6 Å². The molecular formula is C27H26ClN3O3. The minimum atomic E-state index is -0.807. The average Bonchev–Trinajstić information content (AvgIpc) is 3.38. The number of aliphatic carboxylic acids is 1. The lowest BCUT2D eigenvalue weighted by molar-refractivity contribution is -0.137. The zero-order valence-corrected chi connectivity index (χ0v) is 19.9. The highest BCUT2D eigenvalue weighted by atomic mass is 35.5. The third-order valence-electron chi connectivity index (χ3n) is 6.46. The fourth-order valence-electron chi connectivity index (χ4n) is 4.67. The molecule has 4 aromatic rings. The highest BCUT2D eigenvalue weighted by Gasteiger charge is 2.26. The molecule has 0 saturated heterocycles. The van der Waals surface area contributed by atoms with Crippen LogP contribution in [-0.4, -0.2) is 27.2 Å². The van der Waals surface area contributed by atoms with Gasteiger partial charge in [-0.2, -0.15) is 0 Å². The van der Waals surface area contributed by atoms with Crippen molar-refractivity contribution in [3.8, 4) is 11.4 Å². The van der Waals surface area contributed by atoms with Crippen molar-refractivity contribution in [2.75, 3.05) is 11.9 Å². The predicted octanol–water partition coefficient (Wildman–Crippen LogP) is 6.11. The van der Waals surface area contributed by atoms with Crippen LogP contribution in [0.25, 0.3) is 16.7 Å². The summed E-state index contributed by atoms with van der Waals surface area (Å²) in [6.07, 6.45) is 0.895. The first kappa shape index (κ1) is 22.3. The topological polar surface area (TPSA) is 76.4 Å². The maximum absolute atomic E-state index is 11.1. The highest BCUT2D eigenvalue weighted by Crippen LogP contribution is 2.38. The Labute approximate surface area is 203 Å². The monoisotopic (exact) mass is 475 g/mol. The number of aryl methyl sites for hydroxylation is 1. The average molecular weight is 476 g/mol. The normalized spacial score (nSPS) is 14.7. The van der Waals surface area contributed by atoms with E-state index in [1.807, 2.05) is 36.4 Å². The molecule has 0 fully saturated rings. The molecule has 1 aromatic heterocycles. The molecule has 0 spiro atoms. The largest absolute Gasteiger partial charge is 0.493 e. The first-order chi connectivity index (χ1) is 16.4. The number of hydrogen-bond donors (Lipinski definition) is 2. The smallest absolute Gasteiger partial charge is 0.304 e. The molecular weight excluding hydrogens is 450 g/mol. The van der Waals surface area contributed by atoms with Crippen molar-refractivity contribution < 1.29 is 14.6 Å². The molecule has 1 aliphatic rings. The molecule has 3 aromatic carbocycles. The number of nitrogens with one attached hydrogen (secondary N) is 1. The summed E-state index contributed by atoms with van der Waals surface area (Å²) in [7, 11) is 0. The Hall–Kier alpha value is -3.51. The number of halogens is 1. The molecule has 2 N–H and O–H groups in total. The van der Waals surface area contributed by atoms with Crippen molar-refractivity contribution in [2.45, 2.75) is 39.2 Å². The number of ether oxygens (including phenoxy) is 1. The van der Waals surface area contributed by atoms with Gasteiger partial charge in [0.15, 0.2) is 0 Å². The number of fused-ring (bicyclic) bond motifs is 2. The summed E-state index contributed by atoms with van der Waals surface area (Å²) < 4.78 is 7.95. The first-order valence-electron chi connectivity index (χ1n) is 11.4. The van der Waals surface area contributed by atoms with Crippen molar-refractivity contribution in [3.05, 3.63) is 82.1 Å². The van der Waals surface area contributed by atoms with E-state index in [4.69, 9.17) is 26.4 Å². The Kier molecular flexibility index (Phi) is 5.92. The fraction of sp³-hybridized carbons (Fsp3) is 0.259. The van der Waals surface area contributed by atoms with Crippen LogP contribution in [-0.2, 0) is 17.8 Å². The van der Waals surface area contributed by atoms with E-state index >= 15 is 0 Å². The van der Waals surface area contributed by atoms with Gasteiger partial charge in [0, 0.05) is 41.2 Å². The van der Waals surface area contributed by atoms with E-state index in [9.17, 15) is 4.79 Å². The number of imidazole rings is 1. The number of carbonyl (C=O) groups is 1. The number of rotatable bonds is 7. The molecule has 174 valence electrons. The van der Waals surface area contributed by atoms with Gasteiger partial charge >= 0.3 is 5.97 Å². The van der Waals surface area contributed by atoms with Gasteiger partial charge in [0.05, 0.1) is 29.7 Å². The molecule has 0 saturated carbocycles. The van der Waals surface area contributed by atoms with Crippen LogP contribution in [0.2, 0.25) is 5.02 Å². The molecule has 7 heteroatoms. The summed E-state index contributed by atoms with van der Waals surface area (Å²) in [5, 5.41) is 13.3. The minimum Gasteiger partial charge on any atom is -0.493 e. The number of benzene rings is 3. The standard InChI is InChI=1S/C27H26ClN3O3/c1-3-26-30-22-10-7-19(28)12-24(22)31(26)23-6-4-5-17(16(23)2)14-29-20-8-9-21-18(11-27(32)33)15-34-25(21)13-20/h4-10,12-13,18,29H,3,11,14-15H2,1-2H3,(H,32,33). The second-order valence-electron chi connectivity index (χ2n) is 8.62. The number of aromatic nitrogens is 2. The lowest BCUT2D eigenvalue weighted by atomic mass is 9.98. The van der Waals surface area contributed by atoms with E-state index in [0.717, 1.165) is 46.0 Å². The molecule has 1 atom stereocenters. The summed E-state index contributed by atoms with van der Waals surface area (Å²) in [5.74, 6) is 0.859. The zero-order chi connectivity index (χ0) is 23.8. The van der Waals surface area contributed by atoms with Gasteiger partial charge in [-0.25, -0.2) is 4.98 Å². The zero-order valence-electron chi connectivity index (χ0n) is 19.1. The van der Waals surface area contributed by atoms with Gasteiger partial charge in [-0.3, -0.25) is 9.36 Å². The summed E-state index contributed by atoms with van der Waals surface area (Å²) >= 11 is 6.30. The van der Waals surface area contributed by atoms with Crippen molar-refractivity contribution in [1.29, 1.82) is 0 Å². The lowest BCUT2D eigenvalue weighted by Gasteiger charge is -2.16. The number of hydrogen-bond acceptors (Lipinski definition) is 4. The van der Waals surface area contributed by atoms with Crippen molar-refractivity contribution in [3.63, 3.8) is 0 Å². The maximum atomic E-state index is 11.1. The second kappa shape index (κ2) is 9.03. The summed E-state index contributed by atoms with van der Waals surface area (Å²) in [5.41, 5.74) is 7.27. The van der Waals surface area contributed by atoms with Crippen LogP contribution in [0.3, 0.4) is 0 Å². The molecule has 34 heavy (non-hydrogen) atoms. The fourth-order valence-corrected chi connectivity index (χ4v) is 4.84. The van der Waals surface area contributed by atoms with E-state index in [-0.39, 0.29) is 12.3 Å². The van der Waals surface area contributed by atoms with Crippen LogP contribution in [0.5, 0.6) is 5.75 Å². The number of carboxylic acids is 1. The van der Waals surface area contributed by atoms with Gasteiger partial charge in [0.25, 0.3) is 0 Å². The molecule has 6 nitrogen and oxygen atoms in total. The molecule has 1 unspecified atom stereocenters. The van der Waals surface area contributed by atoms with Gasteiger partial charge in [-0.05, 0) is 48.4 Å². The molecule has 0 radical (unpaired) electrons. The van der Waals surface area contributed by atoms with Crippen LogP contribution in [0.1, 0.15) is 41.8 Å². The Morgan fingerprint density at radius 2 is 2.09 bits per heavy atom. The SMILES string of the molecule is CCc1nc2ccc(Cl)cc2n1-c1cccc(CNc2ccc3c(c2)OCC3CC(=O)O)c1C. The third kappa shape index (κ3) is 4.10. The predicted molar refractivity (Wildman–Crippen MR) is 134 cm³/mol. The van der Waals surface area contributed by atoms with Gasteiger partial charge in [-0.15, -0.1) is 0 Å². The highest BCUT2D eigenvalue weighted by molar-refractivity contribution is 6.31. The Balaban J connectivity index is 1.41. The van der Waals surface area contributed by atoms with Crippen molar-refractivity contribution in [2.24, 2.45) is 0 Å². The van der Waals surface area contributed by atoms with Gasteiger partial charge < -0.3 is 15.2 Å². The van der Waals surface area contributed by atoms with Gasteiger partial charge in [0.2, 0.25) is 0 Å². The van der Waals surface area contributed by atoms with Crippen LogP contribution in [0, 0.1) is 6.92 Å². The van der Waals surface area contributed by atoms with E-state index < -0.39 is 5.97 Å². The second-order valence-corrected chi connectivity index (χ2v) is 9.06. The van der Waals surface area contributed by atoms with Gasteiger partial charge in [-0.1, -0.05) is 36.7 Å². The van der Waals surface area contributed by atoms with E-state index in [1.54, 1.807) is 0 Å². The maximum Gasteiger partial charge on any atom is 0.304 e. The molecule has 2 heterocycles. The van der Waals surface area contributed by atoms with E-state index in [2.05, 4.69) is 41.9 Å². The van der Waals surface area contributed by atoms with Crippen LogP contribution in [0.4, 0.5) is 5.69 Å². The quantitative estimate of drug-likeness (QED) is 0.337. The Morgan fingerprint density at radius 1 is 1.24 bits per heavy atom. The molecule has 5 rings (SSSR count). The van der Waals surface area contributed by atoms with Crippen LogP contribution in [0.15, 0.2) is 54.6 Å². The minimum absolute atomic E-state index is 0.0830. The van der Waals surface area contributed by atoms with Crippen molar-refractivity contribution in [1.82, 2.24) is 9.55 Å². The van der Waals surface area contributed by atoms with Crippen LogP contribution < -0.4 is 10.1 Å². The Morgan fingerprint density at radius 3 is 2.88 bits per heavy atom. The van der Waals surface area contributed by atoms with Crippen molar-refractivity contribution >= 4 is 34.3 Å². The van der Waals surface area contributed by atoms with E-state index in [0.29, 0.717) is 18.2 Å². The molecule has 1 aliphatic heterocycles. The number of nitrogens with zero attached hydrogens (tertiary/aromatic N) is 2. The summed E-state index contributed by atoms with van der Waals surface area (Å²) in [6, 6.07) is 18.0. The molecule has 0 bridgehead atoms. The molecule has 0 aliphatic carbocycles. The number of carboxylic acid groups (broad SMARTS) is 1.